The minimum Gasteiger partial charge on any atom is -0.481 e. The summed E-state index contributed by atoms with van der Waals surface area (Å²) in [5.74, 6) is 0.245. The summed E-state index contributed by atoms with van der Waals surface area (Å²) in [6, 6.07) is 15.6. The minimum atomic E-state index is -0.749. The molecule has 32 heavy (non-hydrogen) atoms. The van der Waals surface area contributed by atoms with Crippen molar-refractivity contribution < 1.29 is 9.90 Å². The highest BCUT2D eigenvalue weighted by Crippen LogP contribution is 2.48. The summed E-state index contributed by atoms with van der Waals surface area (Å²) < 4.78 is 0. The van der Waals surface area contributed by atoms with Gasteiger partial charge in [0.2, 0.25) is 0 Å². The number of hydrogen-bond donors (Lipinski definition) is 3. The molecule has 162 valence electrons. The fraction of sp³-hybridized carbons (Fsp3) is 0.167. The van der Waals surface area contributed by atoms with Crippen LogP contribution in [0.25, 0.3) is 16.7 Å². The van der Waals surface area contributed by atoms with Crippen molar-refractivity contribution in [2.75, 3.05) is 12.4 Å². The van der Waals surface area contributed by atoms with E-state index in [4.69, 9.17) is 17.3 Å². The molecule has 7 nitrogen and oxygen atoms in total. The van der Waals surface area contributed by atoms with Gasteiger partial charge < -0.3 is 16.2 Å². The van der Waals surface area contributed by atoms with Crippen LogP contribution in [0.4, 0.5) is 5.82 Å². The molecule has 0 unspecified atom stereocenters. The maximum absolute atomic E-state index is 11.5. The highest BCUT2D eigenvalue weighted by atomic mass is 35.5. The molecule has 4 rings (SSSR count). The van der Waals surface area contributed by atoms with Crippen LogP contribution < -0.4 is 11.1 Å². The predicted molar refractivity (Wildman–Crippen MR) is 127 cm³/mol. The van der Waals surface area contributed by atoms with Crippen LogP contribution in [0.2, 0.25) is 5.15 Å². The van der Waals surface area contributed by atoms with E-state index in [1.165, 1.54) is 12.4 Å². The molecule has 0 amide bonds. The average molecular weight is 448 g/mol. The molecule has 0 bridgehead atoms. The van der Waals surface area contributed by atoms with Crippen LogP contribution >= 0.6 is 11.6 Å². The first-order valence-electron chi connectivity index (χ1n) is 10.1. The van der Waals surface area contributed by atoms with Gasteiger partial charge in [0, 0.05) is 18.8 Å². The van der Waals surface area contributed by atoms with E-state index in [1.807, 2.05) is 48.5 Å². The lowest BCUT2D eigenvalue weighted by Crippen LogP contribution is -2.19. The van der Waals surface area contributed by atoms with E-state index >= 15 is 0 Å². The van der Waals surface area contributed by atoms with Crippen molar-refractivity contribution in [3.05, 3.63) is 83.4 Å². The summed E-state index contributed by atoms with van der Waals surface area (Å²) in [5, 5.41) is 12.8. The van der Waals surface area contributed by atoms with Gasteiger partial charge in [-0.25, -0.2) is 4.98 Å². The number of aliphatic carboxylic acids is 1. The Morgan fingerprint density at radius 3 is 2.25 bits per heavy atom. The molecule has 1 saturated carbocycles. The van der Waals surface area contributed by atoms with Gasteiger partial charge >= 0.3 is 5.97 Å². The summed E-state index contributed by atoms with van der Waals surface area (Å²) in [6.07, 6.45) is 5.88. The van der Waals surface area contributed by atoms with E-state index in [1.54, 1.807) is 13.2 Å². The number of aromatic nitrogens is 2. The normalized spacial score (nSPS) is 15.3. The third kappa shape index (κ3) is 4.20. The molecule has 1 aliphatic carbocycles. The van der Waals surface area contributed by atoms with Crippen molar-refractivity contribution >= 4 is 34.8 Å². The van der Waals surface area contributed by atoms with Crippen molar-refractivity contribution in [3.8, 4) is 11.1 Å². The molecule has 0 aliphatic heterocycles. The minimum absolute atomic E-state index is 0.273. The number of carboxylic acid groups (broad SMARTS) is 1. The van der Waals surface area contributed by atoms with Crippen molar-refractivity contribution in [1.82, 2.24) is 9.97 Å². The van der Waals surface area contributed by atoms with Gasteiger partial charge in [-0.05, 0) is 35.1 Å². The molecule has 2 aromatic carbocycles. The van der Waals surface area contributed by atoms with Crippen LogP contribution in [0.3, 0.4) is 0 Å². The number of benzene rings is 2. The van der Waals surface area contributed by atoms with Crippen molar-refractivity contribution in [3.63, 3.8) is 0 Å². The fourth-order valence-corrected chi connectivity index (χ4v) is 3.80. The van der Waals surface area contributed by atoms with Crippen molar-refractivity contribution in [2.45, 2.75) is 18.3 Å². The summed E-state index contributed by atoms with van der Waals surface area (Å²) >= 11 is 5.91. The van der Waals surface area contributed by atoms with Crippen LogP contribution in [-0.4, -0.2) is 33.9 Å². The van der Waals surface area contributed by atoms with E-state index in [9.17, 15) is 9.90 Å². The smallest absolute Gasteiger partial charge is 0.314 e. The molecule has 1 fully saturated rings. The number of nitrogens with two attached hydrogens (primary N) is 1. The lowest BCUT2D eigenvalue weighted by Gasteiger charge is -2.13. The second kappa shape index (κ2) is 8.80. The first-order chi connectivity index (χ1) is 15.5. The number of hydrogen-bond acceptors (Lipinski definition) is 5. The summed E-state index contributed by atoms with van der Waals surface area (Å²) in [5.41, 5.74) is 9.67. The van der Waals surface area contributed by atoms with Crippen LogP contribution in [0.5, 0.6) is 0 Å². The Morgan fingerprint density at radius 1 is 1.12 bits per heavy atom. The van der Waals surface area contributed by atoms with E-state index in [2.05, 4.69) is 20.3 Å². The molecule has 8 heteroatoms. The molecule has 0 spiro atoms. The Morgan fingerprint density at radius 2 is 1.75 bits per heavy atom. The Hall–Kier alpha value is -3.71. The number of amidine groups is 1. The van der Waals surface area contributed by atoms with Crippen LogP contribution in [-0.2, 0) is 10.2 Å². The maximum Gasteiger partial charge on any atom is 0.314 e. The van der Waals surface area contributed by atoms with Crippen molar-refractivity contribution in [2.24, 2.45) is 10.7 Å². The molecular weight excluding hydrogens is 426 g/mol. The van der Waals surface area contributed by atoms with Gasteiger partial charge in [-0.1, -0.05) is 60.1 Å². The Labute approximate surface area is 190 Å². The molecule has 1 aliphatic rings. The van der Waals surface area contributed by atoms with Gasteiger partial charge in [-0.15, -0.1) is 0 Å². The Kier molecular flexibility index (Phi) is 5.92. The molecule has 0 saturated heterocycles. The molecule has 0 radical (unpaired) electrons. The van der Waals surface area contributed by atoms with Gasteiger partial charge in [0.1, 0.15) is 11.0 Å². The van der Waals surface area contributed by atoms with E-state index in [0.717, 1.165) is 22.3 Å². The largest absolute Gasteiger partial charge is 0.481 e. The zero-order valence-electron chi connectivity index (χ0n) is 17.4. The number of carboxylic acids is 1. The third-order valence-corrected chi connectivity index (χ3v) is 5.81. The standard InChI is InChI=1S/C24H22ClN5O2/c1-27-22(30-21-14-28-13-20(25)29-21)19(12-26)17-4-2-15(3-5-17)16-6-8-18(9-7-16)24(10-11-24)23(31)32/h2-9,12-14H,10-11,26H2,1H3,(H,31,32)(H,27,29,30). The van der Waals surface area contributed by atoms with E-state index < -0.39 is 11.4 Å². The molecular formula is C24H22ClN5O2. The first-order valence-corrected chi connectivity index (χ1v) is 10.4. The van der Waals surface area contributed by atoms with Gasteiger partial charge in [0.15, 0.2) is 5.82 Å². The average Bonchev–Trinajstić information content (AvgIpc) is 3.62. The number of nitrogens with zero attached hydrogens (tertiary/aromatic N) is 3. The zero-order chi connectivity index (χ0) is 22.7. The van der Waals surface area contributed by atoms with E-state index in [0.29, 0.717) is 30.1 Å². The number of aliphatic imine (C=N–C) groups is 1. The highest BCUT2D eigenvalue weighted by molar-refractivity contribution is 6.30. The lowest BCUT2D eigenvalue weighted by molar-refractivity contribution is -0.140. The second-order valence-electron chi connectivity index (χ2n) is 7.55. The number of anilines is 1. The highest BCUT2D eigenvalue weighted by Gasteiger charge is 2.51. The van der Waals surface area contributed by atoms with Crippen LogP contribution in [0.15, 0.2) is 72.1 Å². The fourth-order valence-electron chi connectivity index (χ4n) is 3.65. The molecule has 0 atom stereocenters. The van der Waals surface area contributed by atoms with Crippen molar-refractivity contribution in [1.29, 1.82) is 0 Å². The van der Waals surface area contributed by atoms with Gasteiger partial charge in [0.05, 0.1) is 17.8 Å². The predicted octanol–water partition coefficient (Wildman–Crippen LogP) is 4.35. The summed E-state index contributed by atoms with van der Waals surface area (Å²) in [6.45, 7) is 0. The number of nitrogens with one attached hydrogen (secondary N) is 1. The van der Waals surface area contributed by atoms with Gasteiger partial charge in [-0.2, -0.15) is 0 Å². The zero-order valence-corrected chi connectivity index (χ0v) is 18.2. The monoisotopic (exact) mass is 447 g/mol. The van der Waals surface area contributed by atoms with Crippen LogP contribution in [0.1, 0.15) is 24.0 Å². The van der Waals surface area contributed by atoms with Gasteiger partial charge in [-0.3, -0.25) is 14.8 Å². The quantitative estimate of drug-likeness (QED) is 0.382. The Balaban J connectivity index is 1.53. The number of rotatable bonds is 6. The lowest BCUT2D eigenvalue weighted by atomic mass is 9.93. The van der Waals surface area contributed by atoms with E-state index in [-0.39, 0.29) is 5.15 Å². The summed E-state index contributed by atoms with van der Waals surface area (Å²) in [7, 11) is 1.66. The topological polar surface area (TPSA) is 113 Å². The second-order valence-corrected chi connectivity index (χ2v) is 7.93. The van der Waals surface area contributed by atoms with Gasteiger partial charge in [0.25, 0.3) is 0 Å². The van der Waals surface area contributed by atoms with Crippen LogP contribution in [0, 0.1) is 0 Å². The molecule has 4 N–H and O–H groups in total. The third-order valence-electron chi connectivity index (χ3n) is 5.62. The SMILES string of the molecule is CN=C(Nc1cncc(Cl)n1)C(=CN)c1ccc(-c2ccc(C3(C(=O)O)CC3)cc2)cc1. The Bertz CT molecular complexity index is 1200. The first kappa shape index (κ1) is 21.5. The maximum atomic E-state index is 11.5. The molecule has 3 aromatic rings. The number of carbonyl (C=O) groups is 1. The summed E-state index contributed by atoms with van der Waals surface area (Å²) in [4.78, 5) is 24.0. The molecule has 1 heterocycles. The molecule has 1 aromatic heterocycles. The number of halogens is 1.